The van der Waals surface area contributed by atoms with Crippen molar-refractivity contribution in [1.82, 2.24) is 9.78 Å². The summed E-state index contributed by atoms with van der Waals surface area (Å²) in [6.07, 6.45) is 0. The first-order valence-electron chi connectivity index (χ1n) is 10.3. The van der Waals surface area contributed by atoms with E-state index in [0.717, 1.165) is 0 Å². The Balaban J connectivity index is 1.75. The minimum absolute atomic E-state index is 0.0200. The van der Waals surface area contributed by atoms with E-state index in [2.05, 4.69) is 10.4 Å². The lowest BCUT2D eigenvalue weighted by Gasteiger charge is -2.13. The number of aromatic nitrogens is 2. The fourth-order valence-corrected chi connectivity index (χ4v) is 3.02. The highest BCUT2D eigenvalue weighted by atomic mass is 16.5. The Morgan fingerprint density at radius 1 is 0.969 bits per heavy atom. The van der Waals surface area contributed by atoms with E-state index in [-0.39, 0.29) is 29.1 Å². The predicted octanol–water partition coefficient (Wildman–Crippen LogP) is 3.61. The van der Waals surface area contributed by atoms with Gasteiger partial charge in [-0.1, -0.05) is 32.0 Å². The van der Waals surface area contributed by atoms with Gasteiger partial charge in [-0.2, -0.15) is 5.10 Å². The third-order valence-corrected chi connectivity index (χ3v) is 4.84. The first kappa shape index (κ1) is 22.9. The molecule has 166 valence electrons. The Bertz CT molecular complexity index is 1230. The Hall–Kier alpha value is -3.81. The van der Waals surface area contributed by atoms with Crippen LogP contribution in [0.1, 0.15) is 54.6 Å². The first-order valence-corrected chi connectivity index (χ1v) is 10.3. The van der Waals surface area contributed by atoms with E-state index in [9.17, 15) is 19.2 Å². The molecule has 1 aromatic heterocycles. The molecule has 3 aromatic rings. The number of hydrogen-bond donors (Lipinski definition) is 1. The number of ether oxygens (including phenoxy) is 1. The molecule has 1 N–H and O–H groups in total. The molecule has 0 spiro atoms. The van der Waals surface area contributed by atoms with Crippen molar-refractivity contribution in [2.45, 2.75) is 33.7 Å². The molecule has 0 saturated heterocycles. The molecule has 8 heteroatoms. The molecule has 32 heavy (non-hydrogen) atoms. The maximum Gasteiger partial charge on any atom is 0.359 e. The number of hydrogen-bond acceptors (Lipinski definition) is 6. The lowest BCUT2D eigenvalue weighted by atomic mass is 10.1. The number of anilines is 1. The van der Waals surface area contributed by atoms with Crippen LogP contribution >= 0.6 is 0 Å². The maximum atomic E-state index is 12.7. The van der Waals surface area contributed by atoms with Gasteiger partial charge in [-0.15, -0.1) is 0 Å². The van der Waals surface area contributed by atoms with Crippen LogP contribution in [0.2, 0.25) is 0 Å². The van der Waals surface area contributed by atoms with Crippen LogP contribution < -0.4 is 10.9 Å². The third kappa shape index (κ3) is 4.91. The number of rotatable bonds is 7. The van der Waals surface area contributed by atoms with Gasteiger partial charge < -0.3 is 10.1 Å². The van der Waals surface area contributed by atoms with Crippen LogP contribution in [0.4, 0.5) is 5.69 Å². The topological polar surface area (TPSA) is 107 Å². The molecule has 0 bridgehead atoms. The van der Waals surface area contributed by atoms with E-state index in [1.807, 2.05) is 0 Å². The average Bonchev–Trinajstić information content (AvgIpc) is 2.77. The monoisotopic (exact) mass is 435 g/mol. The van der Waals surface area contributed by atoms with Crippen LogP contribution in [0, 0.1) is 5.92 Å². The third-order valence-electron chi connectivity index (χ3n) is 4.84. The van der Waals surface area contributed by atoms with Crippen molar-refractivity contribution >= 4 is 34.1 Å². The number of Topliss-reactive ketones (excluding diaryl/α,β-unsaturated/α-hetero) is 1. The molecule has 2 aromatic carbocycles. The van der Waals surface area contributed by atoms with Crippen molar-refractivity contribution in [2.75, 3.05) is 11.9 Å². The van der Waals surface area contributed by atoms with Gasteiger partial charge in [0.15, 0.2) is 18.1 Å². The zero-order chi connectivity index (χ0) is 23.4. The van der Waals surface area contributed by atoms with Gasteiger partial charge in [-0.25, -0.2) is 9.48 Å². The van der Waals surface area contributed by atoms with Gasteiger partial charge >= 0.3 is 5.97 Å². The lowest BCUT2D eigenvalue weighted by molar-refractivity contribution is -0.118. The fraction of sp³-hybridized carbons (Fsp3) is 0.292. The molecule has 0 fully saturated rings. The highest BCUT2D eigenvalue weighted by Crippen LogP contribution is 2.16. The fourth-order valence-electron chi connectivity index (χ4n) is 3.02. The molecule has 8 nitrogen and oxygen atoms in total. The molecule has 0 aliphatic heterocycles. The molecular formula is C24H25N3O5. The number of amides is 1. The van der Waals surface area contributed by atoms with Crippen LogP contribution in [0.15, 0.2) is 53.3 Å². The number of esters is 1. The van der Waals surface area contributed by atoms with E-state index in [1.54, 1.807) is 76.2 Å². The second kappa shape index (κ2) is 9.55. The Kier molecular flexibility index (Phi) is 6.82. The molecule has 0 saturated carbocycles. The quantitative estimate of drug-likeness (QED) is 0.449. The van der Waals surface area contributed by atoms with Gasteiger partial charge in [-0.3, -0.25) is 14.4 Å². The minimum atomic E-state index is -0.787. The summed E-state index contributed by atoms with van der Waals surface area (Å²) in [4.78, 5) is 49.6. The van der Waals surface area contributed by atoms with Crippen molar-refractivity contribution in [3.8, 4) is 0 Å². The van der Waals surface area contributed by atoms with E-state index in [4.69, 9.17) is 4.74 Å². The summed E-state index contributed by atoms with van der Waals surface area (Å²) in [6.45, 7) is 6.66. The number of fused-ring (bicyclic) bond motifs is 1. The van der Waals surface area contributed by atoms with Gasteiger partial charge in [0.25, 0.3) is 5.56 Å². The molecule has 0 radical (unpaired) electrons. The van der Waals surface area contributed by atoms with Crippen LogP contribution in [-0.2, 0) is 9.53 Å². The predicted molar refractivity (Wildman–Crippen MR) is 121 cm³/mol. The van der Waals surface area contributed by atoms with E-state index in [1.165, 1.54) is 4.68 Å². The van der Waals surface area contributed by atoms with Gasteiger partial charge in [0.1, 0.15) is 0 Å². The number of nitrogens with one attached hydrogen (secondary N) is 1. The average molecular weight is 435 g/mol. The molecule has 1 amide bonds. The smallest absolute Gasteiger partial charge is 0.359 e. The standard InChI is InChI=1S/C24H25N3O5/c1-14(2)22(29)25-17-11-9-16(10-12-17)20(28)13-32-24(31)21-18-7-5-6-8-19(18)23(30)27(26-21)15(3)4/h5-12,14-15H,13H2,1-4H3,(H,25,29). The Labute approximate surface area is 185 Å². The maximum absolute atomic E-state index is 12.7. The Morgan fingerprint density at radius 2 is 1.59 bits per heavy atom. The van der Waals surface area contributed by atoms with Crippen LogP contribution in [-0.4, -0.2) is 34.0 Å². The second-order valence-corrected chi connectivity index (χ2v) is 7.96. The van der Waals surface area contributed by atoms with Crippen LogP contribution in [0.25, 0.3) is 10.8 Å². The van der Waals surface area contributed by atoms with E-state index >= 15 is 0 Å². The number of benzene rings is 2. The Morgan fingerprint density at radius 3 is 2.19 bits per heavy atom. The van der Waals surface area contributed by atoms with Crippen LogP contribution in [0.5, 0.6) is 0 Å². The summed E-state index contributed by atoms with van der Waals surface area (Å²) in [7, 11) is 0. The summed E-state index contributed by atoms with van der Waals surface area (Å²) >= 11 is 0. The molecular weight excluding hydrogens is 410 g/mol. The summed E-state index contributed by atoms with van der Waals surface area (Å²) in [5, 5.41) is 7.65. The van der Waals surface area contributed by atoms with Crippen molar-refractivity contribution in [3.63, 3.8) is 0 Å². The lowest BCUT2D eigenvalue weighted by Crippen LogP contribution is -2.28. The largest absolute Gasteiger partial charge is 0.452 e. The molecule has 0 aliphatic rings. The van der Waals surface area contributed by atoms with Gasteiger partial charge in [0, 0.05) is 22.6 Å². The number of nitrogens with zero attached hydrogens (tertiary/aromatic N) is 2. The number of carbonyl (C=O) groups is 3. The second-order valence-electron chi connectivity index (χ2n) is 7.96. The van der Waals surface area contributed by atoms with Crippen molar-refractivity contribution in [2.24, 2.45) is 5.92 Å². The zero-order valence-electron chi connectivity index (χ0n) is 18.4. The normalized spacial score (nSPS) is 11.1. The summed E-state index contributed by atoms with van der Waals surface area (Å²) in [5.41, 5.74) is 0.593. The van der Waals surface area contributed by atoms with Crippen molar-refractivity contribution < 1.29 is 19.1 Å². The SMILES string of the molecule is CC(C)C(=O)Nc1ccc(C(=O)COC(=O)c2nn(C(C)C)c(=O)c3ccccc23)cc1. The molecule has 0 atom stereocenters. The van der Waals surface area contributed by atoms with Crippen LogP contribution in [0.3, 0.4) is 0 Å². The van der Waals surface area contributed by atoms with E-state index in [0.29, 0.717) is 22.0 Å². The summed E-state index contributed by atoms with van der Waals surface area (Å²) < 4.78 is 6.44. The zero-order valence-corrected chi connectivity index (χ0v) is 18.4. The highest BCUT2D eigenvalue weighted by molar-refractivity contribution is 6.04. The first-order chi connectivity index (χ1) is 15.2. The van der Waals surface area contributed by atoms with Crippen molar-refractivity contribution in [1.29, 1.82) is 0 Å². The van der Waals surface area contributed by atoms with Gasteiger partial charge in [0.2, 0.25) is 5.91 Å². The minimum Gasteiger partial charge on any atom is -0.452 e. The highest BCUT2D eigenvalue weighted by Gasteiger charge is 2.20. The molecule has 0 unspecified atom stereocenters. The molecule has 3 rings (SSSR count). The molecule has 0 aliphatic carbocycles. The number of ketones is 1. The summed E-state index contributed by atoms with van der Waals surface area (Å²) in [6, 6.07) is 12.7. The van der Waals surface area contributed by atoms with E-state index < -0.39 is 18.4 Å². The van der Waals surface area contributed by atoms with Gasteiger partial charge in [0.05, 0.1) is 11.4 Å². The summed E-state index contributed by atoms with van der Waals surface area (Å²) in [5.74, 6) is -1.47. The molecule has 1 heterocycles. The van der Waals surface area contributed by atoms with Crippen molar-refractivity contribution in [3.05, 3.63) is 70.1 Å². The van der Waals surface area contributed by atoms with Gasteiger partial charge in [-0.05, 0) is 44.2 Å². The number of carbonyl (C=O) groups excluding carboxylic acids is 3.